The third kappa shape index (κ3) is 4.35. The number of carbonyl (C=O) groups excluding carboxylic acids is 1. The summed E-state index contributed by atoms with van der Waals surface area (Å²) in [7, 11) is 0. The van der Waals surface area contributed by atoms with Gasteiger partial charge in [0.05, 0.1) is 19.7 Å². The fourth-order valence-electron chi connectivity index (χ4n) is 1.97. The quantitative estimate of drug-likeness (QED) is 0.635. The maximum Gasteiger partial charge on any atom is 0.401 e. The molecule has 0 radical (unpaired) electrons. The Hall–Kier alpha value is -1.77. The fourth-order valence-corrected chi connectivity index (χ4v) is 1.97. The molecule has 1 aromatic heterocycles. The Labute approximate surface area is 119 Å². The van der Waals surface area contributed by atoms with Gasteiger partial charge in [-0.05, 0) is 19.9 Å². The van der Waals surface area contributed by atoms with Crippen molar-refractivity contribution in [1.29, 1.82) is 0 Å². The second-order valence-electron chi connectivity index (χ2n) is 4.59. The van der Waals surface area contributed by atoms with Gasteiger partial charge in [-0.15, -0.1) is 0 Å². The topological polar surface area (TPSA) is 65.4 Å². The number of carbonyl (C=O) groups is 1. The average molecular weight is 307 g/mol. The Morgan fingerprint density at radius 3 is 3.00 bits per heavy atom. The number of ether oxygens (including phenoxy) is 2. The van der Waals surface area contributed by atoms with Gasteiger partial charge in [0, 0.05) is 6.07 Å². The van der Waals surface area contributed by atoms with Gasteiger partial charge in [0.1, 0.15) is 6.10 Å². The summed E-state index contributed by atoms with van der Waals surface area (Å²) in [5, 5.41) is 6.35. The van der Waals surface area contributed by atoms with Gasteiger partial charge in [0.25, 0.3) is 0 Å². The average Bonchev–Trinajstić information content (AvgIpc) is 2.91. The molecule has 1 N–H and O–H groups in total. The van der Waals surface area contributed by atoms with Gasteiger partial charge < -0.3 is 14.8 Å². The van der Waals surface area contributed by atoms with Crippen LogP contribution in [-0.4, -0.2) is 47.7 Å². The highest BCUT2D eigenvalue weighted by atomic mass is 19.4. The van der Waals surface area contributed by atoms with Crippen LogP contribution in [-0.2, 0) is 11.3 Å². The molecule has 0 saturated heterocycles. The second-order valence-corrected chi connectivity index (χ2v) is 4.59. The van der Waals surface area contributed by atoms with Gasteiger partial charge in [-0.3, -0.25) is 0 Å². The van der Waals surface area contributed by atoms with Crippen LogP contribution in [0.1, 0.15) is 23.8 Å². The van der Waals surface area contributed by atoms with Crippen LogP contribution in [0.4, 0.5) is 13.2 Å². The normalized spacial score (nSPS) is 17.4. The first-order valence-corrected chi connectivity index (χ1v) is 6.58. The Morgan fingerprint density at radius 2 is 2.38 bits per heavy atom. The zero-order valence-electron chi connectivity index (χ0n) is 11.4. The number of alkyl halides is 3. The van der Waals surface area contributed by atoms with Gasteiger partial charge in [0.15, 0.2) is 5.69 Å². The molecule has 9 heteroatoms. The lowest BCUT2D eigenvalue weighted by Gasteiger charge is -2.11. The zero-order chi connectivity index (χ0) is 15.5. The molecule has 1 aromatic rings. The van der Waals surface area contributed by atoms with E-state index in [1.807, 2.05) is 0 Å². The minimum atomic E-state index is -4.21. The number of nitrogens with one attached hydrogen (secondary N) is 1. The van der Waals surface area contributed by atoms with E-state index in [0.717, 1.165) is 0 Å². The summed E-state index contributed by atoms with van der Waals surface area (Å²) in [6.07, 6.45) is -4.03. The van der Waals surface area contributed by atoms with Crippen molar-refractivity contribution in [2.75, 3.05) is 19.7 Å². The molecule has 6 nitrogen and oxygen atoms in total. The fraction of sp³-hybridized carbons (Fsp3) is 0.667. The van der Waals surface area contributed by atoms with E-state index in [1.165, 1.54) is 10.7 Å². The van der Waals surface area contributed by atoms with Crippen LogP contribution >= 0.6 is 0 Å². The number of aromatic nitrogens is 2. The van der Waals surface area contributed by atoms with Crippen molar-refractivity contribution < 1.29 is 27.4 Å². The minimum absolute atomic E-state index is 0.167. The molecule has 1 aliphatic rings. The molecular formula is C12H16F3N3O3. The number of nitrogens with zero attached hydrogens (tertiary/aromatic N) is 2. The predicted molar refractivity (Wildman–Crippen MR) is 66.1 cm³/mol. The van der Waals surface area contributed by atoms with Crippen LogP contribution in [0.15, 0.2) is 6.07 Å². The summed E-state index contributed by atoms with van der Waals surface area (Å²) < 4.78 is 47.7. The first-order valence-electron chi connectivity index (χ1n) is 6.58. The molecular weight excluding hydrogens is 291 g/mol. The summed E-state index contributed by atoms with van der Waals surface area (Å²) in [6.45, 7) is 1.54. The lowest BCUT2D eigenvalue weighted by Crippen LogP contribution is -2.32. The van der Waals surface area contributed by atoms with Crippen molar-refractivity contribution in [3.8, 4) is 5.88 Å². The summed E-state index contributed by atoms with van der Waals surface area (Å²) in [5.41, 5.74) is 0.167. The molecule has 118 valence electrons. The summed E-state index contributed by atoms with van der Waals surface area (Å²) >= 11 is 0. The molecule has 2 heterocycles. The lowest BCUT2D eigenvalue weighted by molar-refractivity contribution is -0.124. The van der Waals surface area contributed by atoms with E-state index in [9.17, 15) is 18.0 Å². The van der Waals surface area contributed by atoms with E-state index in [-0.39, 0.29) is 24.9 Å². The van der Waals surface area contributed by atoms with Crippen molar-refractivity contribution in [2.24, 2.45) is 0 Å². The molecule has 0 saturated carbocycles. The van der Waals surface area contributed by atoms with E-state index >= 15 is 0 Å². The van der Waals surface area contributed by atoms with E-state index in [0.29, 0.717) is 18.8 Å². The first kappa shape index (κ1) is 15.6. The minimum Gasteiger partial charge on any atom is -0.472 e. The van der Waals surface area contributed by atoms with Crippen molar-refractivity contribution in [3.05, 3.63) is 11.8 Å². The highest BCUT2D eigenvalue weighted by Crippen LogP contribution is 2.24. The lowest BCUT2D eigenvalue weighted by atomic mass is 10.2. The van der Waals surface area contributed by atoms with E-state index < -0.39 is 18.7 Å². The molecule has 0 aromatic carbocycles. The van der Waals surface area contributed by atoms with E-state index in [4.69, 9.17) is 9.47 Å². The number of rotatable bonds is 6. The van der Waals surface area contributed by atoms with Gasteiger partial charge in [-0.2, -0.15) is 18.3 Å². The molecule has 21 heavy (non-hydrogen) atoms. The van der Waals surface area contributed by atoms with Crippen molar-refractivity contribution >= 4 is 5.97 Å². The van der Waals surface area contributed by atoms with Crippen LogP contribution in [0, 0.1) is 0 Å². The van der Waals surface area contributed by atoms with Crippen LogP contribution in [0.2, 0.25) is 0 Å². The molecule has 0 aliphatic carbocycles. The number of fused-ring (bicyclic) bond motifs is 1. The van der Waals surface area contributed by atoms with Gasteiger partial charge in [0.2, 0.25) is 5.88 Å². The smallest absolute Gasteiger partial charge is 0.401 e. The van der Waals surface area contributed by atoms with Crippen molar-refractivity contribution in [2.45, 2.75) is 32.2 Å². The second kappa shape index (κ2) is 6.33. The number of hydrogen-bond donors (Lipinski definition) is 1. The highest BCUT2D eigenvalue weighted by Gasteiger charge is 2.28. The third-order valence-corrected chi connectivity index (χ3v) is 2.86. The van der Waals surface area contributed by atoms with Crippen LogP contribution in [0.5, 0.6) is 5.88 Å². The molecule has 1 aliphatic heterocycles. The molecule has 0 amide bonds. The van der Waals surface area contributed by atoms with Crippen molar-refractivity contribution in [3.63, 3.8) is 0 Å². The monoisotopic (exact) mass is 307 g/mol. The molecule has 0 fully saturated rings. The van der Waals surface area contributed by atoms with Gasteiger partial charge >= 0.3 is 12.1 Å². The highest BCUT2D eigenvalue weighted by molar-refractivity contribution is 5.87. The molecule has 0 spiro atoms. The van der Waals surface area contributed by atoms with E-state index in [2.05, 4.69) is 10.4 Å². The maximum absolute atomic E-state index is 12.0. The zero-order valence-corrected chi connectivity index (χ0v) is 11.4. The standard InChI is InChI=1S/C12H16F3N3O3/c1-2-20-11(19)9-5-10-18(17-9)6-8(21-10)3-4-16-7-12(13,14)15/h5,8,16H,2-4,6-7H2,1H3. The summed E-state index contributed by atoms with van der Waals surface area (Å²) in [5.74, 6) is -0.0923. The van der Waals surface area contributed by atoms with E-state index in [1.54, 1.807) is 6.92 Å². The molecule has 0 bridgehead atoms. The largest absolute Gasteiger partial charge is 0.472 e. The van der Waals surface area contributed by atoms with Crippen LogP contribution in [0.3, 0.4) is 0 Å². The molecule has 2 rings (SSSR count). The number of esters is 1. The maximum atomic E-state index is 12.0. The summed E-state index contributed by atoms with van der Waals surface area (Å²) in [4.78, 5) is 11.5. The predicted octanol–water partition coefficient (Wildman–Crippen LogP) is 1.36. The first-order chi connectivity index (χ1) is 9.89. The van der Waals surface area contributed by atoms with Crippen LogP contribution in [0.25, 0.3) is 0 Å². The number of halogens is 3. The number of hydrogen-bond acceptors (Lipinski definition) is 5. The van der Waals surface area contributed by atoms with Gasteiger partial charge in [-0.25, -0.2) is 9.48 Å². The Bertz CT molecular complexity index is 478. The third-order valence-electron chi connectivity index (χ3n) is 2.86. The van der Waals surface area contributed by atoms with Gasteiger partial charge in [-0.1, -0.05) is 0 Å². The van der Waals surface area contributed by atoms with Crippen LogP contribution < -0.4 is 10.1 Å². The molecule has 1 atom stereocenters. The Morgan fingerprint density at radius 1 is 1.62 bits per heavy atom. The SMILES string of the molecule is CCOC(=O)c1cc2n(n1)CC(CCNCC(F)(F)F)O2. The Balaban J connectivity index is 1.76. The summed E-state index contributed by atoms with van der Waals surface area (Å²) in [6, 6.07) is 1.47. The Kier molecular flexibility index (Phi) is 4.71. The molecule has 1 unspecified atom stereocenters. The van der Waals surface area contributed by atoms with Crippen molar-refractivity contribution in [1.82, 2.24) is 15.1 Å².